The molecule has 0 spiro atoms. The fourth-order valence-electron chi connectivity index (χ4n) is 1.47. The molecule has 8 heteroatoms. The van der Waals surface area contributed by atoms with Gasteiger partial charge in [0.1, 0.15) is 6.04 Å². The lowest BCUT2D eigenvalue weighted by Crippen LogP contribution is -2.41. The van der Waals surface area contributed by atoms with E-state index in [1.165, 1.54) is 12.1 Å². The number of nitrogens with one attached hydrogen (secondary N) is 1. The number of carboxylic acid groups (broad SMARTS) is 1. The second kappa shape index (κ2) is 7.25. The fraction of sp³-hybridized carbons (Fsp3) is 0.250. The second-order valence-corrected chi connectivity index (χ2v) is 5.38. The molecule has 1 rings (SSSR count). The highest BCUT2D eigenvalue weighted by Gasteiger charge is 2.21. The molecule has 0 saturated heterocycles. The number of aliphatic carboxylic acids is 1. The smallest absolute Gasteiger partial charge is 0.326 e. The number of hydrogen-bond donors (Lipinski definition) is 3. The number of carboxylic acids is 1. The van der Waals surface area contributed by atoms with Crippen LogP contribution in [0.3, 0.4) is 0 Å². The van der Waals surface area contributed by atoms with Crippen molar-refractivity contribution in [1.82, 2.24) is 5.32 Å². The Morgan fingerprint density at radius 2 is 2.00 bits per heavy atom. The number of carbonyl (C=O) groups excluding carboxylic acids is 2. The Labute approximate surface area is 128 Å². The summed E-state index contributed by atoms with van der Waals surface area (Å²) in [6.07, 6.45) is -0.200. The molecule has 108 valence electrons. The Balaban J connectivity index is 2.79. The average Bonchev–Trinajstić information content (AvgIpc) is 2.32. The van der Waals surface area contributed by atoms with Gasteiger partial charge in [0.05, 0.1) is 0 Å². The van der Waals surface area contributed by atoms with Crippen molar-refractivity contribution in [3.8, 4) is 0 Å². The minimum atomic E-state index is -1.24. The number of hydrogen-bond acceptors (Lipinski definition) is 3. The first-order valence-electron chi connectivity index (χ1n) is 5.57. The number of nitrogens with two attached hydrogens (primary N) is 1. The highest BCUT2D eigenvalue weighted by Crippen LogP contribution is 2.19. The summed E-state index contributed by atoms with van der Waals surface area (Å²) >= 11 is 8.99. The molecule has 0 radical (unpaired) electrons. The van der Waals surface area contributed by atoms with Gasteiger partial charge in [0.2, 0.25) is 5.91 Å². The van der Waals surface area contributed by atoms with Crippen molar-refractivity contribution < 1.29 is 19.5 Å². The van der Waals surface area contributed by atoms with E-state index in [1.807, 2.05) is 0 Å². The van der Waals surface area contributed by atoms with Gasteiger partial charge < -0.3 is 16.2 Å². The molecule has 1 aromatic carbocycles. The van der Waals surface area contributed by atoms with E-state index in [0.29, 0.717) is 9.50 Å². The van der Waals surface area contributed by atoms with Crippen LogP contribution in [0.5, 0.6) is 0 Å². The molecule has 1 aromatic rings. The minimum absolute atomic E-state index is 0.0713. The number of primary amides is 1. The molecule has 0 aliphatic heterocycles. The second-order valence-electron chi connectivity index (χ2n) is 4.03. The zero-order chi connectivity index (χ0) is 15.3. The summed E-state index contributed by atoms with van der Waals surface area (Å²) in [5.74, 6) is -2.46. The number of amides is 2. The van der Waals surface area contributed by atoms with Gasteiger partial charge in [0.25, 0.3) is 5.91 Å². The van der Waals surface area contributed by atoms with Crippen LogP contribution in [0.2, 0.25) is 5.02 Å². The van der Waals surface area contributed by atoms with Gasteiger partial charge in [-0.05, 0) is 24.6 Å². The molecule has 0 heterocycles. The van der Waals surface area contributed by atoms with E-state index in [0.717, 1.165) is 0 Å². The highest BCUT2D eigenvalue weighted by molar-refractivity contribution is 9.10. The molecular weight excluding hydrogens is 351 g/mol. The lowest BCUT2D eigenvalue weighted by molar-refractivity contribution is -0.139. The highest BCUT2D eigenvalue weighted by atomic mass is 79.9. The van der Waals surface area contributed by atoms with Crippen LogP contribution in [0.25, 0.3) is 0 Å². The summed E-state index contributed by atoms with van der Waals surface area (Å²) in [6, 6.07) is 3.33. The zero-order valence-electron chi connectivity index (χ0n) is 10.2. The summed E-state index contributed by atoms with van der Waals surface area (Å²) in [5, 5.41) is 11.6. The third kappa shape index (κ3) is 5.18. The van der Waals surface area contributed by atoms with Crippen molar-refractivity contribution in [3.63, 3.8) is 0 Å². The molecule has 0 aromatic heterocycles. The predicted molar refractivity (Wildman–Crippen MR) is 76.5 cm³/mol. The first-order valence-corrected chi connectivity index (χ1v) is 6.74. The molecule has 2 amide bonds. The Bertz CT molecular complexity index is 530. The van der Waals surface area contributed by atoms with Crippen molar-refractivity contribution in [1.29, 1.82) is 0 Å². The normalized spacial score (nSPS) is 11.7. The SMILES string of the molecule is NC(=O)CC[C@H](NC(=O)c1cc(Cl)cc(Br)c1)C(=O)O. The summed E-state index contributed by atoms with van der Waals surface area (Å²) < 4.78 is 0.596. The first-order chi connectivity index (χ1) is 9.29. The summed E-state index contributed by atoms with van der Waals surface area (Å²) in [7, 11) is 0. The first kappa shape index (κ1) is 16.5. The number of halogens is 2. The molecule has 1 atom stereocenters. The molecule has 0 aliphatic rings. The number of benzene rings is 1. The molecule has 0 bridgehead atoms. The predicted octanol–water partition coefficient (Wildman–Crippen LogP) is 1.55. The number of rotatable bonds is 6. The Morgan fingerprint density at radius 1 is 1.35 bits per heavy atom. The van der Waals surface area contributed by atoms with Gasteiger partial charge in [-0.25, -0.2) is 4.79 Å². The maximum absolute atomic E-state index is 11.9. The topological polar surface area (TPSA) is 109 Å². The monoisotopic (exact) mass is 362 g/mol. The van der Waals surface area contributed by atoms with Crippen molar-refractivity contribution >= 4 is 45.3 Å². The van der Waals surface area contributed by atoms with Gasteiger partial charge in [-0.1, -0.05) is 27.5 Å². The molecule has 0 saturated carbocycles. The molecule has 0 unspecified atom stereocenters. The van der Waals surface area contributed by atoms with E-state index in [1.54, 1.807) is 6.07 Å². The Hall–Kier alpha value is -1.60. The lowest BCUT2D eigenvalue weighted by Gasteiger charge is -2.14. The Morgan fingerprint density at radius 3 is 2.50 bits per heavy atom. The third-order valence-corrected chi connectivity index (χ3v) is 3.08. The summed E-state index contributed by atoms with van der Waals surface area (Å²) in [6.45, 7) is 0. The maximum Gasteiger partial charge on any atom is 0.326 e. The maximum atomic E-state index is 11.9. The molecule has 20 heavy (non-hydrogen) atoms. The van der Waals surface area contributed by atoms with Gasteiger partial charge in [-0.2, -0.15) is 0 Å². The van der Waals surface area contributed by atoms with Crippen LogP contribution in [-0.4, -0.2) is 28.9 Å². The molecular formula is C12H12BrClN2O4. The van der Waals surface area contributed by atoms with Crippen molar-refractivity contribution in [3.05, 3.63) is 33.3 Å². The minimum Gasteiger partial charge on any atom is -0.480 e. The van der Waals surface area contributed by atoms with Gasteiger partial charge in [0, 0.05) is 21.5 Å². The molecule has 0 aliphatic carbocycles. The average molecular weight is 364 g/mol. The molecule has 0 fully saturated rings. The third-order valence-electron chi connectivity index (χ3n) is 2.41. The van der Waals surface area contributed by atoms with E-state index < -0.39 is 23.8 Å². The number of carbonyl (C=O) groups is 3. The van der Waals surface area contributed by atoms with Crippen LogP contribution in [0.4, 0.5) is 0 Å². The van der Waals surface area contributed by atoms with Crippen LogP contribution in [-0.2, 0) is 9.59 Å². The van der Waals surface area contributed by atoms with E-state index in [4.69, 9.17) is 22.4 Å². The quantitative estimate of drug-likeness (QED) is 0.712. The van der Waals surface area contributed by atoms with Crippen molar-refractivity contribution in [2.75, 3.05) is 0 Å². The van der Waals surface area contributed by atoms with Crippen molar-refractivity contribution in [2.45, 2.75) is 18.9 Å². The zero-order valence-corrected chi connectivity index (χ0v) is 12.6. The van der Waals surface area contributed by atoms with Crippen LogP contribution < -0.4 is 11.1 Å². The van der Waals surface area contributed by atoms with Gasteiger partial charge in [-0.3, -0.25) is 9.59 Å². The van der Waals surface area contributed by atoms with E-state index >= 15 is 0 Å². The molecule has 4 N–H and O–H groups in total. The van der Waals surface area contributed by atoms with Crippen LogP contribution in [0, 0.1) is 0 Å². The van der Waals surface area contributed by atoms with Crippen LogP contribution in [0.15, 0.2) is 22.7 Å². The van der Waals surface area contributed by atoms with Gasteiger partial charge in [0.15, 0.2) is 0 Å². The van der Waals surface area contributed by atoms with E-state index in [9.17, 15) is 14.4 Å². The largest absolute Gasteiger partial charge is 0.480 e. The van der Waals surface area contributed by atoms with E-state index in [-0.39, 0.29) is 18.4 Å². The van der Waals surface area contributed by atoms with Crippen LogP contribution >= 0.6 is 27.5 Å². The summed E-state index contributed by atoms with van der Waals surface area (Å²) in [4.78, 5) is 33.6. The summed E-state index contributed by atoms with van der Waals surface area (Å²) in [5.41, 5.74) is 5.17. The van der Waals surface area contributed by atoms with Gasteiger partial charge >= 0.3 is 5.97 Å². The Kier molecular flexibility index (Phi) is 5.97. The van der Waals surface area contributed by atoms with Crippen molar-refractivity contribution in [2.24, 2.45) is 5.73 Å². The van der Waals surface area contributed by atoms with E-state index in [2.05, 4.69) is 21.2 Å². The fourth-order valence-corrected chi connectivity index (χ4v) is 2.33. The van der Waals surface area contributed by atoms with Crippen LogP contribution in [0.1, 0.15) is 23.2 Å². The van der Waals surface area contributed by atoms with Gasteiger partial charge in [-0.15, -0.1) is 0 Å². The molecule has 6 nitrogen and oxygen atoms in total. The lowest BCUT2D eigenvalue weighted by atomic mass is 10.1. The standard InChI is InChI=1S/C12H12BrClN2O4/c13-7-3-6(4-8(14)5-7)11(18)16-9(12(19)20)1-2-10(15)17/h3-5,9H,1-2H2,(H2,15,17)(H,16,18)(H,19,20)/t9-/m0/s1.